The number of nitrogens with one attached hydrogen (secondary N) is 1. The van der Waals surface area contributed by atoms with Crippen molar-refractivity contribution in [2.75, 3.05) is 5.32 Å². The van der Waals surface area contributed by atoms with E-state index >= 15 is 0 Å². The lowest BCUT2D eigenvalue weighted by atomic mass is 9.87. The molecule has 2 heterocycles. The molecule has 1 unspecified atom stereocenters. The molecule has 6 nitrogen and oxygen atoms in total. The Morgan fingerprint density at radius 1 is 1.16 bits per heavy atom. The van der Waals surface area contributed by atoms with E-state index in [0.29, 0.717) is 5.75 Å². The van der Waals surface area contributed by atoms with Gasteiger partial charge in [0.05, 0.1) is 6.04 Å². The SMILES string of the molecule is CC(C)(C)c1nnc2ccc(NC3CCCc4c(O)cccc43)nn12. The number of nitrogens with zero attached hydrogens (tertiary/aromatic N) is 4. The fraction of sp³-hybridized carbons (Fsp3) is 0.421. The van der Waals surface area contributed by atoms with E-state index in [-0.39, 0.29) is 11.5 Å². The molecule has 0 radical (unpaired) electrons. The zero-order valence-corrected chi connectivity index (χ0v) is 14.8. The monoisotopic (exact) mass is 337 g/mol. The molecule has 1 aliphatic rings. The van der Waals surface area contributed by atoms with E-state index in [1.807, 2.05) is 22.7 Å². The number of phenols is 1. The summed E-state index contributed by atoms with van der Waals surface area (Å²) < 4.78 is 1.81. The highest BCUT2D eigenvalue weighted by molar-refractivity contribution is 5.49. The molecule has 0 amide bonds. The number of phenolic OH excluding ortho intramolecular Hbond substituents is 1. The average Bonchev–Trinajstić information content (AvgIpc) is 2.99. The number of benzene rings is 1. The minimum atomic E-state index is -0.131. The van der Waals surface area contributed by atoms with E-state index in [0.717, 1.165) is 47.7 Å². The Morgan fingerprint density at radius 2 is 2.00 bits per heavy atom. The van der Waals surface area contributed by atoms with E-state index in [9.17, 15) is 5.11 Å². The van der Waals surface area contributed by atoms with Gasteiger partial charge in [-0.15, -0.1) is 15.3 Å². The highest BCUT2D eigenvalue weighted by atomic mass is 16.3. The van der Waals surface area contributed by atoms with Gasteiger partial charge in [0.25, 0.3) is 0 Å². The van der Waals surface area contributed by atoms with E-state index in [1.54, 1.807) is 6.07 Å². The topological polar surface area (TPSA) is 75.3 Å². The molecule has 1 aromatic carbocycles. The Bertz CT molecular complexity index is 925. The molecule has 4 rings (SSSR count). The van der Waals surface area contributed by atoms with Crippen molar-refractivity contribution in [1.29, 1.82) is 0 Å². The molecule has 1 atom stereocenters. The van der Waals surface area contributed by atoms with Gasteiger partial charge in [-0.25, -0.2) is 0 Å². The third-order valence-corrected chi connectivity index (χ3v) is 4.74. The van der Waals surface area contributed by atoms with Crippen LogP contribution in [0.2, 0.25) is 0 Å². The van der Waals surface area contributed by atoms with Gasteiger partial charge < -0.3 is 10.4 Å². The highest BCUT2D eigenvalue weighted by Gasteiger charge is 2.24. The van der Waals surface area contributed by atoms with Crippen LogP contribution in [0.25, 0.3) is 5.65 Å². The van der Waals surface area contributed by atoms with Crippen LogP contribution in [0.1, 0.15) is 56.6 Å². The normalized spacial score (nSPS) is 17.5. The molecule has 0 saturated carbocycles. The van der Waals surface area contributed by atoms with Crippen molar-refractivity contribution in [2.45, 2.75) is 51.5 Å². The number of rotatable bonds is 2. The number of hydrogen-bond acceptors (Lipinski definition) is 5. The zero-order chi connectivity index (χ0) is 17.6. The Kier molecular flexibility index (Phi) is 3.63. The van der Waals surface area contributed by atoms with Gasteiger partial charge in [0, 0.05) is 5.41 Å². The third-order valence-electron chi connectivity index (χ3n) is 4.74. The standard InChI is InChI=1S/C19H23N5O/c1-19(2,3)18-22-21-17-11-10-16(23-24(17)18)20-14-8-4-7-13-12(14)6-5-9-15(13)25/h5-6,9-11,14,25H,4,7-8H2,1-3H3,(H,20,23). The molecule has 0 bridgehead atoms. The molecule has 2 aromatic heterocycles. The summed E-state index contributed by atoms with van der Waals surface area (Å²) in [5.41, 5.74) is 2.82. The third kappa shape index (κ3) is 2.81. The molecule has 6 heteroatoms. The molecular weight excluding hydrogens is 314 g/mol. The van der Waals surface area contributed by atoms with Gasteiger partial charge in [-0.05, 0) is 48.6 Å². The summed E-state index contributed by atoms with van der Waals surface area (Å²) in [4.78, 5) is 0. The van der Waals surface area contributed by atoms with Crippen molar-refractivity contribution in [3.8, 4) is 5.75 Å². The molecule has 130 valence electrons. The Morgan fingerprint density at radius 3 is 2.80 bits per heavy atom. The second kappa shape index (κ2) is 5.72. The number of anilines is 1. The Hall–Kier alpha value is -2.63. The predicted octanol–water partition coefficient (Wildman–Crippen LogP) is 3.62. The van der Waals surface area contributed by atoms with Crippen molar-refractivity contribution >= 4 is 11.5 Å². The molecule has 25 heavy (non-hydrogen) atoms. The molecule has 0 aliphatic heterocycles. The van der Waals surface area contributed by atoms with Crippen LogP contribution in [-0.2, 0) is 11.8 Å². The second-order valence-electron chi connectivity index (χ2n) is 7.70. The van der Waals surface area contributed by atoms with Gasteiger partial charge in [0.2, 0.25) is 0 Å². The van der Waals surface area contributed by atoms with Crippen molar-refractivity contribution in [3.05, 3.63) is 47.3 Å². The van der Waals surface area contributed by atoms with Crippen molar-refractivity contribution < 1.29 is 5.11 Å². The fourth-order valence-corrected chi connectivity index (χ4v) is 3.49. The van der Waals surface area contributed by atoms with Gasteiger partial charge in [0.15, 0.2) is 11.5 Å². The van der Waals surface area contributed by atoms with Crippen LogP contribution in [0.4, 0.5) is 5.82 Å². The summed E-state index contributed by atoms with van der Waals surface area (Å²) in [5.74, 6) is 2.02. The van der Waals surface area contributed by atoms with Gasteiger partial charge >= 0.3 is 0 Å². The molecule has 0 fully saturated rings. The second-order valence-corrected chi connectivity index (χ2v) is 7.70. The maximum Gasteiger partial charge on any atom is 0.178 e. The summed E-state index contributed by atoms with van der Waals surface area (Å²) in [5, 5.41) is 26.9. The van der Waals surface area contributed by atoms with Crippen LogP contribution in [-0.4, -0.2) is 24.9 Å². The molecular formula is C19H23N5O. The molecule has 0 saturated heterocycles. The van der Waals surface area contributed by atoms with Gasteiger partial charge in [-0.1, -0.05) is 32.9 Å². The Balaban J connectivity index is 1.69. The summed E-state index contributed by atoms with van der Waals surface area (Å²) >= 11 is 0. The van der Waals surface area contributed by atoms with Crippen LogP contribution in [0.15, 0.2) is 30.3 Å². The molecule has 0 spiro atoms. The minimum absolute atomic E-state index is 0.131. The number of fused-ring (bicyclic) bond motifs is 2. The first-order valence-corrected chi connectivity index (χ1v) is 8.74. The maximum absolute atomic E-state index is 10.1. The average molecular weight is 337 g/mol. The number of hydrogen-bond donors (Lipinski definition) is 2. The van der Waals surface area contributed by atoms with Crippen molar-refractivity contribution in [3.63, 3.8) is 0 Å². The van der Waals surface area contributed by atoms with Crippen LogP contribution >= 0.6 is 0 Å². The lowest BCUT2D eigenvalue weighted by molar-refractivity contribution is 0.457. The summed E-state index contributed by atoms with van der Waals surface area (Å²) in [7, 11) is 0. The molecule has 3 aromatic rings. The minimum Gasteiger partial charge on any atom is -0.508 e. The quantitative estimate of drug-likeness (QED) is 0.747. The Labute approximate surface area is 146 Å². The number of aromatic nitrogens is 4. The summed E-state index contributed by atoms with van der Waals surface area (Å²) in [6, 6.07) is 9.78. The van der Waals surface area contributed by atoms with Gasteiger partial charge in [-0.2, -0.15) is 4.52 Å². The molecule has 1 aliphatic carbocycles. The van der Waals surface area contributed by atoms with Gasteiger partial charge in [-0.3, -0.25) is 0 Å². The first kappa shape index (κ1) is 15.9. The zero-order valence-electron chi connectivity index (χ0n) is 14.8. The maximum atomic E-state index is 10.1. The van der Waals surface area contributed by atoms with E-state index < -0.39 is 0 Å². The number of aromatic hydroxyl groups is 1. The fourth-order valence-electron chi connectivity index (χ4n) is 3.49. The van der Waals surface area contributed by atoms with E-state index in [4.69, 9.17) is 5.10 Å². The van der Waals surface area contributed by atoms with Crippen molar-refractivity contribution in [2.24, 2.45) is 0 Å². The smallest absolute Gasteiger partial charge is 0.178 e. The molecule has 2 N–H and O–H groups in total. The van der Waals surface area contributed by atoms with E-state index in [2.05, 4.69) is 42.4 Å². The van der Waals surface area contributed by atoms with Crippen LogP contribution < -0.4 is 5.32 Å². The van der Waals surface area contributed by atoms with Crippen LogP contribution in [0.5, 0.6) is 5.75 Å². The summed E-state index contributed by atoms with van der Waals surface area (Å²) in [6.07, 6.45) is 2.99. The first-order valence-electron chi connectivity index (χ1n) is 8.74. The first-order chi connectivity index (χ1) is 11.9. The lowest BCUT2D eigenvalue weighted by Gasteiger charge is -2.27. The highest BCUT2D eigenvalue weighted by Crippen LogP contribution is 2.36. The van der Waals surface area contributed by atoms with Crippen LogP contribution in [0.3, 0.4) is 0 Å². The van der Waals surface area contributed by atoms with E-state index in [1.165, 1.54) is 0 Å². The van der Waals surface area contributed by atoms with Crippen LogP contribution in [0, 0.1) is 0 Å². The summed E-state index contributed by atoms with van der Waals surface area (Å²) in [6.45, 7) is 6.31. The largest absolute Gasteiger partial charge is 0.508 e. The lowest BCUT2D eigenvalue weighted by Crippen LogP contribution is -2.20. The predicted molar refractivity (Wildman–Crippen MR) is 96.9 cm³/mol. The van der Waals surface area contributed by atoms with Crippen molar-refractivity contribution in [1.82, 2.24) is 19.8 Å². The van der Waals surface area contributed by atoms with Gasteiger partial charge in [0.1, 0.15) is 11.6 Å².